The van der Waals surface area contributed by atoms with Crippen molar-refractivity contribution in [2.75, 3.05) is 33.2 Å². The number of likely N-dealkylation sites (N-methyl/N-ethyl adjacent to an activating group) is 1. The van der Waals surface area contributed by atoms with E-state index in [0.717, 1.165) is 31.9 Å². The van der Waals surface area contributed by atoms with Crippen molar-refractivity contribution in [3.05, 3.63) is 23.7 Å². The molecule has 0 bridgehead atoms. The Morgan fingerprint density at radius 3 is 2.56 bits per heavy atom. The lowest BCUT2D eigenvalue weighted by Crippen LogP contribution is -2.52. The smallest absolute Gasteiger partial charge is 0.301 e. The third-order valence-electron chi connectivity index (χ3n) is 2.73. The second-order valence-corrected chi connectivity index (χ2v) is 4.14. The number of hydrogen-bond acceptors (Lipinski definition) is 4. The molecule has 0 atom stereocenters. The van der Waals surface area contributed by atoms with Gasteiger partial charge in [-0.2, -0.15) is 0 Å². The second-order valence-electron chi connectivity index (χ2n) is 4.14. The van der Waals surface area contributed by atoms with Gasteiger partial charge in [0.1, 0.15) is 5.76 Å². The van der Waals surface area contributed by atoms with Gasteiger partial charge in [-0.15, -0.1) is 0 Å². The zero-order valence-electron chi connectivity index (χ0n) is 9.69. The standard InChI is InChI=1S/C11H17N3O2/c1-9-3-4-10(16-9)11(15)12-14-7-5-13(2)6-8-14/h3-4H,5-8H2,1-2H3,(H,12,15). The number of carbonyl (C=O) groups is 1. The summed E-state index contributed by atoms with van der Waals surface area (Å²) in [7, 11) is 2.08. The summed E-state index contributed by atoms with van der Waals surface area (Å²) < 4.78 is 5.26. The molecule has 0 unspecified atom stereocenters. The first-order valence-corrected chi connectivity index (χ1v) is 5.46. The van der Waals surface area contributed by atoms with Crippen LogP contribution in [0.2, 0.25) is 0 Å². The Morgan fingerprint density at radius 2 is 2.00 bits per heavy atom. The fraction of sp³-hybridized carbons (Fsp3) is 0.545. The molecule has 2 rings (SSSR count). The van der Waals surface area contributed by atoms with Gasteiger partial charge in [0.2, 0.25) is 0 Å². The van der Waals surface area contributed by atoms with Gasteiger partial charge in [0.05, 0.1) is 0 Å². The highest BCUT2D eigenvalue weighted by Gasteiger charge is 2.17. The number of furan rings is 1. The van der Waals surface area contributed by atoms with Crippen LogP contribution in [0.4, 0.5) is 0 Å². The number of rotatable bonds is 2. The molecule has 0 aromatic carbocycles. The molecule has 88 valence electrons. The molecule has 16 heavy (non-hydrogen) atoms. The maximum Gasteiger partial charge on any atom is 0.301 e. The van der Waals surface area contributed by atoms with Crippen molar-refractivity contribution in [2.45, 2.75) is 6.92 Å². The molecule has 1 aliphatic rings. The molecule has 1 saturated heterocycles. The number of aryl methyl sites for hydroxylation is 1. The first-order chi connectivity index (χ1) is 7.65. The summed E-state index contributed by atoms with van der Waals surface area (Å²) in [6.45, 7) is 5.46. The molecule has 0 radical (unpaired) electrons. The molecule has 5 nitrogen and oxygen atoms in total. The van der Waals surface area contributed by atoms with E-state index in [1.165, 1.54) is 0 Å². The Bertz CT molecular complexity index is 367. The van der Waals surface area contributed by atoms with Gasteiger partial charge in [-0.1, -0.05) is 0 Å². The average Bonchev–Trinajstić information content (AvgIpc) is 2.68. The maximum absolute atomic E-state index is 11.7. The first kappa shape index (κ1) is 11.2. The largest absolute Gasteiger partial charge is 0.456 e. The summed E-state index contributed by atoms with van der Waals surface area (Å²) in [6, 6.07) is 3.49. The molecule has 1 amide bonds. The highest BCUT2D eigenvalue weighted by Crippen LogP contribution is 2.06. The van der Waals surface area contributed by atoms with Gasteiger partial charge in [-0.05, 0) is 26.1 Å². The van der Waals surface area contributed by atoms with E-state index in [4.69, 9.17) is 4.42 Å². The first-order valence-electron chi connectivity index (χ1n) is 5.46. The Labute approximate surface area is 95.0 Å². The number of hydrogen-bond donors (Lipinski definition) is 1. The predicted octanol–water partition coefficient (Wildman–Crippen LogP) is 0.480. The van der Waals surface area contributed by atoms with E-state index >= 15 is 0 Å². The average molecular weight is 223 g/mol. The van der Waals surface area contributed by atoms with Crippen molar-refractivity contribution >= 4 is 5.91 Å². The number of carbonyl (C=O) groups excluding carboxylic acids is 1. The molecule has 0 spiro atoms. The van der Waals surface area contributed by atoms with Gasteiger partial charge in [0, 0.05) is 26.2 Å². The summed E-state index contributed by atoms with van der Waals surface area (Å²) in [6.07, 6.45) is 0. The van der Waals surface area contributed by atoms with Gasteiger partial charge in [0.15, 0.2) is 5.76 Å². The highest BCUT2D eigenvalue weighted by molar-refractivity contribution is 5.91. The molecule has 1 fully saturated rings. The Hall–Kier alpha value is -1.33. The van der Waals surface area contributed by atoms with Gasteiger partial charge in [0.25, 0.3) is 0 Å². The number of nitrogens with one attached hydrogen (secondary N) is 1. The van der Waals surface area contributed by atoms with Crippen LogP contribution < -0.4 is 5.43 Å². The fourth-order valence-electron chi connectivity index (χ4n) is 1.67. The molecule has 1 N–H and O–H groups in total. The molecule has 0 saturated carbocycles. The topological polar surface area (TPSA) is 48.7 Å². The fourth-order valence-corrected chi connectivity index (χ4v) is 1.67. The second kappa shape index (κ2) is 4.67. The Balaban J connectivity index is 1.88. The number of amides is 1. The molecule has 0 aliphatic carbocycles. The van der Waals surface area contributed by atoms with Gasteiger partial charge < -0.3 is 9.32 Å². The summed E-state index contributed by atoms with van der Waals surface area (Å²) in [4.78, 5) is 14.0. The minimum Gasteiger partial charge on any atom is -0.456 e. The van der Waals surface area contributed by atoms with Gasteiger partial charge in [-0.3, -0.25) is 10.2 Å². The van der Waals surface area contributed by atoms with E-state index in [1.54, 1.807) is 12.1 Å². The van der Waals surface area contributed by atoms with Crippen LogP contribution in [-0.4, -0.2) is 49.0 Å². The van der Waals surface area contributed by atoms with Crippen LogP contribution in [0.5, 0.6) is 0 Å². The normalized spacial score (nSPS) is 18.6. The summed E-state index contributed by atoms with van der Waals surface area (Å²) >= 11 is 0. The third-order valence-corrected chi connectivity index (χ3v) is 2.73. The molecule has 1 aromatic rings. The van der Waals surface area contributed by atoms with Crippen LogP contribution in [0.15, 0.2) is 16.5 Å². The lowest BCUT2D eigenvalue weighted by molar-refractivity contribution is 0.0636. The summed E-state index contributed by atoms with van der Waals surface area (Å²) in [5.41, 5.74) is 2.84. The van der Waals surface area contributed by atoms with E-state index in [1.807, 2.05) is 11.9 Å². The molecular formula is C11H17N3O2. The van der Waals surface area contributed by atoms with E-state index in [0.29, 0.717) is 5.76 Å². The van der Waals surface area contributed by atoms with E-state index < -0.39 is 0 Å². The van der Waals surface area contributed by atoms with Gasteiger partial charge in [-0.25, -0.2) is 5.01 Å². The van der Waals surface area contributed by atoms with E-state index in [-0.39, 0.29) is 5.91 Å². The zero-order chi connectivity index (χ0) is 11.5. The molecule has 5 heteroatoms. The third kappa shape index (κ3) is 2.62. The van der Waals surface area contributed by atoms with E-state index in [9.17, 15) is 4.79 Å². The SMILES string of the molecule is Cc1ccc(C(=O)NN2CCN(C)CC2)o1. The number of hydrazine groups is 1. The number of nitrogens with zero attached hydrogens (tertiary/aromatic N) is 2. The lowest BCUT2D eigenvalue weighted by Gasteiger charge is -2.32. The number of piperazine rings is 1. The van der Waals surface area contributed by atoms with Crippen LogP contribution in [-0.2, 0) is 0 Å². The predicted molar refractivity (Wildman–Crippen MR) is 60.0 cm³/mol. The minimum atomic E-state index is -0.169. The molecule has 1 aromatic heterocycles. The summed E-state index contributed by atoms with van der Waals surface area (Å²) in [5.74, 6) is 0.956. The monoisotopic (exact) mass is 223 g/mol. The zero-order valence-corrected chi connectivity index (χ0v) is 9.69. The molecule has 1 aliphatic heterocycles. The molecular weight excluding hydrogens is 206 g/mol. The highest BCUT2D eigenvalue weighted by atomic mass is 16.3. The summed E-state index contributed by atoms with van der Waals surface area (Å²) in [5, 5.41) is 1.93. The van der Waals surface area contributed by atoms with E-state index in [2.05, 4.69) is 17.4 Å². The van der Waals surface area contributed by atoms with Crippen LogP contribution in [0.1, 0.15) is 16.3 Å². The van der Waals surface area contributed by atoms with Crippen molar-refractivity contribution in [3.63, 3.8) is 0 Å². The van der Waals surface area contributed by atoms with Crippen LogP contribution >= 0.6 is 0 Å². The van der Waals surface area contributed by atoms with Gasteiger partial charge >= 0.3 is 5.91 Å². The minimum absolute atomic E-state index is 0.169. The maximum atomic E-state index is 11.7. The van der Waals surface area contributed by atoms with Crippen molar-refractivity contribution in [2.24, 2.45) is 0 Å². The molecule has 2 heterocycles. The van der Waals surface area contributed by atoms with Crippen molar-refractivity contribution < 1.29 is 9.21 Å². The van der Waals surface area contributed by atoms with Crippen molar-refractivity contribution in [1.82, 2.24) is 15.3 Å². The Kier molecular flexibility index (Phi) is 3.26. The van der Waals surface area contributed by atoms with Crippen molar-refractivity contribution in [1.29, 1.82) is 0 Å². The quantitative estimate of drug-likeness (QED) is 0.792. The Morgan fingerprint density at radius 1 is 1.31 bits per heavy atom. The van der Waals surface area contributed by atoms with Crippen LogP contribution in [0.25, 0.3) is 0 Å². The lowest BCUT2D eigenvalue weighted by atomic mass is 10.4. The van der Waals surface area contributed by atoms with Crippen molar-refractivity contribution in [3.8, 4) is 0 Å². The van der Waals surface area contributed by atoms with Crippen LogP contribution in [0.3, 0.4) is 0 Å². The van der Waals surface area contributed by atoms with Crippen LogP contribution in [0, 0.1) is 6.92 Å².